The van der Waals surface area contributed by atoms with Gasteiger partial charge in [-0.2, -0.15) is 0 Å². The third-order valence-corrected chi connectivity index (χ3v) is 4.16. The Morgan fingerprint density at radius 3 is 2.36 bits per heavy atom. The number of Topliss-reactive ketones (excluding diaryl/α,β-unsaturated/α-hetero) is 2. The van der Waals surface area contributed by atoms with E-state index in [0.29, 0.717) is 16.7 Å². The van der Waals surface area contributed by atoms with Crippen molar-refractivity contribution in [2.75, 3.05) is 13.2 Å². The monoisotopic (exact) mass is 355 g/mol. The van der Waals surface area contributed by atoms with Gasteiger partial charge in [-0.05, 0) is 12.1 Å². The van der Waals surface area contributed by atoms with Gasteiger partial charge in [0.05, 0.1) is 12.1 Å². The van der Waals surface area contributed by atoms with Crippen molar-refractivity contribution in [2.24, 2.45) is 4.99 Å². The summed E-state index contributed by atoms with van der Waals surface area (Å²) in [5.74, 6) is -1.19. The molecular formula is C19H14ClNO4. The Bertz CT molecular complexity index is 861. The van der Waals surface area contributed by atoms with E-state index in [9.17, 15) is 14.4 Å². The SMILES string of the molecule is O=C(OCCN=C1C(=O)c2ccccc2C(=O)C1Cl)c1ccccc1. The summed E-state index contributed by atoms with van der Waals surface area (Å²) >= 11 is 6.08. The topological polar surface area (TPSA) is 72.8 Å². The van der Waals surface area contributed by atoms with Gasteiger partial charge in [0.2, 0.25) is 5.78 Å². The van der Waals surface area contributed by atoms with Crippen LogP contribution in [0, 0.1) is 0 Å². The molecule has 0 heterocycles. The zero-order valence-electron chi connectivity index (χ0n) is 13.1. The lowest BCUT2D eigenvalue weighted by Gasteiger charge is -2.19. The predicted molar refractivity (Wildman–Crippen MR) is 93.8 cm³/mol. The van der Waals surface area contributed by atoms with Crippen molar-refractivity contribution >= 4 is 34.8 Å². The van der Waals surface area contributed by atoms with Crippen LogP contribution in [-0.4, -0.2) is 41.8 Å². The maximum absolute atomic E-state index is 12.4. The third-order valence-electron chi connectivity index (χ3n) is 3.76. The van der Waals surface area contributed by atoms with E-state index in [1.54, 1.807) is 54.6 Å². The van der Waals surface area contributed by atoms with E-state index in [0.717, 1.165) is 0 Å². The van der Waals surface area contributed by atoms with Crippen LogP contribution in [0.5, 0.6) is 0 Å². The zero-order chi connectivity index (χ0) is 17.8. The molecule has 0 amide bonds. The fourth-order valence-corrected chi connectivity index (χ4v) is 2.81. The normalized spacial score (nSPS) is 18.1. The minimum Gasteiger partial charge on any atom is -0.460 e. The highest BCUT2D eigenvalue weighted by atomic mass is 35.5. The minimum atomic E-state index is -1.12. The van der Waals surface area contributed by atoms with Gasteiger partial charge in [-0.1, -0.05) is 42.5 Å². The van der Waals surface area contributed by atoms with Crippen molar-refractivity contribution in [1.29, 1.82) is 0 Å². The molecule has 126 valence electrons. The van der Waals surface area contributed by atoms with Crippen LogP contribution in [0.15, 0.2) is 59.6 Å². The first-order valence-corrected chi connectivity index (χ1v) is 8.12. The van der Waals surface area contributed by atoms with E-state index >= 15 is 0 Å². The molecule has 2 aromatic carbocycles. The summed E-state index contributed by atoms with van der Waals surface area (Å²) in [6.45, 7) is 0.0439. The van der Waals surface area contributed by atoms with Gasteiger partial charge in [0.15, 0.2) is 5.78 Å². The van der Waals surface area contributed by atoms with Gasteiger partial charge in [-0.15, -0.1) is 11.6 Å². The first kappa shape index (κ1) is 17.0. The lowest BCUT2D eigenvalue weighted by molar-refractivity contribution is 0.0517. The number of alkyl halides is 1. The smallest absolute Gasteiger partial charge is 0.338 e. The second kappa shape index (κ2) is 7.40. The fourth-order valence-electron chi connectivity index (χ4n) is 2.52. The lowest BCUT2D eigenvalue weighted by Crippen LogP contribution is -2.38. The van der Waals surface area contributed by atoms with Crippen LogP contribution in [-0.2, 0) is 4.74 Å². The molecule has 1 aliphatic rings. The van der Waals surface area contributed by atoms with Crippen LogP contribution in [0.1, 0.15) is 31.1 Å². The number of esters is 1. The second-order valence-electron chi connectivity index (χ2n) is 5.37. The summed E-state index contributed by atoms with van der Waals surface area (Å²) in [4.78, 5) is 40.6. The first-order chi connectivity index (χ1) is 12.1. The average molecular weight is 356 g/mol. The molecule has 0 saturated carbocycles. The molecule has 0 fully saturated rings. The van der Waals surface area contributed by atoms with E-state index in [4.69, 9.17) is 16.3 Å². The summed E-state index contributed by atoms with van der Waals surface area (Å²) in [5.41, 5.74) is 1.02. The molecule has 5 nitrogen and oxygen atoms in total. The second-order valence-corrected chi connectivity index (χ2v) is 5.81. The van der Waals surface area contributed by atoms with E-state index in [-0.39, 0.29) is 30.4 Å². The summed E-state index contributed by atoms with van der Waals surface area (Å²) < 4.78 is 5.10. The van der Waals surface area contributed by atoms with Gasteiger partial charge in [0.25, 0.3) is 0 Å². The number of halogens is 1. The number of carbonyl (C=O) groups excluding carboxylic acids is 3. The molecule has 1 unspecified atom stereocenters. The number of rotatable bonds is 4. The maximum atomic E-state index is 12.4. The van der Waals surface area contributed by atoms with Crippen molar-refractivity contribution in [3.05, 3.63) is 71.3 Å². The van der Waals surface area contributed by atoms with Gasteiger partial charge in [0, 0.05) is 11.1 Å². The molecule has 25 heavy (non-hydrogen) atoms. The molecule has 2 aromatic rings. The van der Waals surface area contributed by atoms with Crippen molar-refractivity contribution in [1.82, 2.24) is 0 Å². The number of ketones is 2. The minimum absolute atomic E-state index is 0.00997. The predicted octanol–water partition coefficient (Wildman–Crippen LogP) is 2.97. The van der Waals surface area contributed by atoms with Crippen LogP contribution in [0.3, 0.4) is 0 Å². The van der Waals surface area contributed by atoms with Gasteiger partial charge in [-0.25, -0.2) is 4.79 Å². The van der Waals surface area contributed by atoms with E-state index in [1.165, 1.54) is 0 Å². The number of fused-ring (bicyclic) bond motifs is 1. The zero-order valence-corrected chi connectivity index (χ0v) is 13.9. The molecule has 0 aromatic heterocycles. The Morgan fingerprint density at radius 1 is 1.00 bits per heavy atom. The number of aliphatic imine (C=N–C) groups is 1. The summed E-state index contributed by atoms with van der Waals surface area (Å²) in [6.07, 6.45) is 0. The fraction of sp³-hybridized carbons (Fsp3) is 0.158. The van der Waals surface area contributed by atoms with Gasteiger partial charge in [-0.3, -0.25) is 14.6 Å². The molecule has 1 atom stereocenters. The lowest BCUT2D eigenvalue weighted by atomic mass is 9.88. The molecule has 0 saturated heterocycles. The molecule has 0 bridgehead atoms. The average Bonchev–Trinajstić information content (AvgIpc) is 2.66. The van der Waals surface area contributed by atoms with Gasteiger partial charge < -0.3 is 4.74 Å². The van der Waals surface area contributed by atoms with E-state index < -0.39 is 11.3 Å². The molecule has 3 rings (SSSR count). The van der Waals surface area contributed by atoms with Gasteiger partial charge in [0.1, 0.15) is 17.7 Å². The first-order valence-electron chi connectivity index (χ1n) is 7.68. The van der Waals surface area contributed by atoms with Crippen LogP contribution in [0.4, 0.5) is 0 Å². The van der Waals surface area contributed by atoms with Crippen molar-refractivity contribution in [2.45, 2.75) is 5.38 Å². The van der Waals surface area contributed by atoms with Crippen molar-refractivity contribution < 1.29 is 19.1 Å². The largest absolute Gasteiger partial charge is 0.460 e. The molecular weight excluding hydrogens is 342 g/mol. The number of ether oxygens (including phenoxy) is 1. The molecule has 0 aliphatic heterocycles. The number of nitrogens with zero attached hydrogens (tertiary/aromatic N) is 1. The quantitative estimate of drug-likeness (QED) is 0.480. The van der Waals surface area contributed by atoms with Crippen LogP contribution >= 0.6 is 11.6 Å². The Labute approximate surface area is 149 Å². The Balaban J connectivity index is 1.67. The molecule has 0 N–H and O–H groups in total. The molecule has 0 spiro atoms. The highest BCUT2D eigenvalue weighted by Crippen LogP contribution is 2.23. The Kier molecular flexibility index (Phi) is 5.05. The van der Waals surface area contributed by atoms with Crippen LogP contribution in [0.25, 0.3) is 0 Å². The van der Waals surface area contributed by atoms with E-state index in [2.05, 4.69) is 4.99 Å². The third kappa shape index (κ3) is 3.51. The standard InChI is InChI=1S/C19H14ClNO4/c20-15-16(18(23)14-9-5-4-8-13(14)17(15)22)21-10-11-25-19(24)12-6-2-1-3-7-12/h1-9,15H,10-11H2. The number of benzene rings is 2. The highest BCUT2D eigenvalue weighted by Gasteiger charge is 2.36. The molecule has 1 aliphatic carbocycles. The van der Waals surface area contributed by atoms with Crippen molar-refractivity contribution in [3.8, 4) is 0 Å². The summed E-state index contributed by atoms with van der Waals surface area (Å²) in [5, 5.41) is -1.12. The highest BCUT2D eigenvalue weighted by molar-refractivity contribution is 6.64. The van der Waals surface area contributed by atoms with E-state index in [1.807, 2.05) is 0 Å². The van der Waals surface area contributed by atoms with Crippen LogP contribution in [0.2, 0.25) is 0 Å². The molecule has 6 heteroatoms. The van der Waals surface area contributed by atoms with Crippen molar-refractivity contribution in [3.63, 3.8) is 0 Å². The Hall–Kier alpha value is -2.79. The summed E-state index contributed by atoms with van der Waals surface area (Å²) in [7, 11) is 0. The van der Waals surface area contributed by atoms with Gasteiger partial charge >= 0.3 is 5.97 Å². The summed E-state index contributed by atoms with van der Waals surface area (Å²) in [6, 6.07) is 15.1. The molecule has 0 radical (unpaired) electrons. The number of hydrogen-bond donors (Lipinski definition) is 0. The number of hydrogen-bond acceptors (Lipinski definition) is 5. The van der Waals surface area contributed by atoms with Crippen LogP contribution < -0.4 is 0 Å². The number of carbonyl (C=O) groups is 3. The maximum Gasteiger partial charge on any atom is 0.338 e. The Morgan fingerprint density at radius 2 is 1.64 bits per heavy atom.